The van der Waals surface area contributed by atoms with Gasteiger partial charge in [-0.25, -0.2) is 4.98 Å². The summed E-state index contributed by atoms with van der Waals surface area (Å²) in [6.45, 7) is 8.51. The zero-order chi connectivity index (χ0) is 20.7. The summed E-state index contributed by atoms with van der Waals surface area (Å²) in [7, 11) is 0. The predicted octanol–water partition coefficient (Wildman–Crippen LogP) is 2.42. The van der Waals surface area contributed by atoms with E-state index in [4.69, 9.17) is 10.5 Å². The van der Waals surface area contributed by atoms with Gasteiger partial charge in [0.25, 0.3) is 5.91 Å². The van der Waals surface area contributed by atoms with Crippen molar-refractivity contribution in [1.82, 2.24) is 19.3 Å². The van der Waals surface area contributed by atoms with Crippen molar-refractivity contribution in [2.45, 2.75) is 32.9 Å². The Balaban J connectivity index is 1.82. The number of primary amides is 1. The normalized spacial score (nSPS) is 15.2. The number of benzene rings is 1. The summed E-state index contributed by atoms with van der Waals surface area (Å²) in [5.41, 5.74) is 8.19. The molecule has 1 aliphatic heterocycles. The van der Waals surface area contributed by atoms with Crippen LogP contribution in [0.3, 0.4) is 0 Å². The van der Waals surface area contributed by atoms with E-state index in [9.17, 15) is 9.59 Å². The first-order valence-corrected chi connectivity index (χ1v) is 9.38. The second-order valence-electron chi connectivity index (χ2n) is 6.94. The van der Waals surface area contributed by atoms with Gasteiger partial charge < -0.3 is 10.5 Å². The van der Waals surface area contributed by atoms with Crippen molar-refractivity contribution in [2.75, 3.05) is 11.9 Å². The SMILES string of the molecule is C=CC[C@@H]1COc2cc(C(N)=O)cc3nc(NC(=O)c4cc(C)nn4CC)n1c23. The second kappa shape index (κ2) is 7.08. The van der Waals surface area contributed by atoms with E-state index in [1.165, 1.54) is 0 Å². The minimum atomic E-state index is -0.567. The highest BCUT2D eigenvalue weighted by Gasteiger charge is 2.28. The molecule has 3 N–H and O–H groups in total. The summed E-state index contributed by atoms with van der Waals surface area (Å²) in [4.78, 5) is 29.2. The predicted molar refractivity (Wildman–Crippen MR) is 108 cm³/mol. The molecule has 0 bridgehead atoms. The molecule has 0 fully saturated rings. The van der Waals surface area contributed by atoms with E-state index in [0.29, 0.717) is 53.6 Å². The van der Waals surface area contributed by atoms with Gasteiger partial charge in [-0.3, -0.25) is 24.2 Å². The molecule has 4 rings (SSSR count). The van der Waals surface area contributed by atoms with E-state index in [0.717, 1.165) is 5.69 Å². The van der Waals surface area contributed by atoms with Crippen LogP contribution in [0.15, 0.2) is 30.9 Å². The smallest absolute Gasteiger partial charge is 0.276 e. The van der Waals surface area contributed by atoms with Crippen LogP contribution >= 0.6 is 0 Å². The van der Waals surface area contributed by atoms with E-state index >= 15 is 0 Å². The first-order valence-electron chi connectivity index (χ1n) is 9.38. The van der Waals surface area contributed by atoms with Gasteiger partial charge in [0.15, 0.2) is 0 Å². The Morgan fingerprint density at radius 3 is 2.90 bits per heavy atom. The molecule has 0 aliphatic carbocycles. The maximum Gasteiger partial charge on any atom is 0.276 e. The number of nitrogens with zero attached hydrogens (tertiary/aromatic N) is 4. The molecule has 150 valence electrons. The van der Waals surface area contributed by atoms with E-state index in [-0.39, 0.29) is 11.9 Å². The highest BCUT2D eigenvalue weighted by molar-refractivity contribution is 6.04. The minimum absolute atomic E-state index is 0.0856. The number of carbonyl (C=O) groups is 2. The van der Waals surface area contributed by atoms with Crippen LogP contribution in [0.2, 0.25) is 0 Å². The van der Waals surface area contributed by atoms with Crippen LogP contribution in [0, 0.1) is 6.92 Å². The van der Waals surface area contributed by atoms with Crippen molar-refractivity contribution in [3.63, 3.8) is 0 Å². The summed E-state index contributed by atoms with van der Waals surface area (Å²) in [5, 5.41) is 7.22. The fraction of sp³-hybridized carbons (Fsp3) is 0.300. The number of allylic oxidation sites excluding steroid dienone is 1. The number of ether oxygens (including phenoxy) is 1. The minimum Gasteiger partial charge on any atom is -0.489 e. The average molecular weight is 394 g/mol. The summed E-state index contributed by atoms with van der Waals surface area (Å²) < 4.78 is 9.42. The quantitative estimate of drug-likeness (QED) is 0.623. The van der Waals surface area contributed by atoms with Gasteiger partial charge in [-0.15, -0.1) is 6.58 Å². The topological polar surface area (TPSA) is 117 Å². The van der Waals surface area contributed by atoms with Gasteiger partial charge >= 0.3 is 0 Å². The van der Waals surface area contributed by atoms with Gasteiger partial charge in [0.2, 0.25) is 11.9 Å². The van der Waals surface area contributed by atoms with Crippen LogP contribution in [0.25, 0.3) is 11.0 Å². The molecule has 9 heteroatoms. The lowest BCUT2D eigenvalue weighted by atomic mass is 10.1. The van der Waals surface area contributed by atoms with Crippen molar-refractivity contribution in [3.05, 3.63) is 47.8 Å². The number of nitrogens with two attached hydrogens (primary N) is 1. The number of aryl methyl sites for hydroxylation is 2. The largest absolute Gasteiger partial charge is 0.489 e. The molecule has 1 aromatic carbocycles. The third-order valence-corrected chi connectivity index (χ3v) is 4.93. The van der Waals surface area contributed by atoms with Gasteiger partial charge in [-0.2, -0.15) is 5.10 Å². The molecule has 3 heterocycles. The lowest BCUT2D eigenvalue weighted by molar-refractivity contribution is 0.0995. The second-order valence-corrected chi connectivity index (χ2v) is 6.94. The van der Waals surface area contributed by atoms with E-state index in [1.807, 2.05) is 18.4 Å². The fourth-order valence-electron chi connectivity index (χ4n) is 3.65. The highest BCUT2D eigenvalue weighted by Crippen LogP contribution is 2.38. The molecule has 2 aromatic heterocycles. The number of nitrogens with one attached hydrogen (secondary N) is 1. The van der Waals surface area contributed by atoms with Gasteiger partial charge in [-0.05, 0) is 38.5 Å². The standard InChI is InChI=1S/C20H22N6O3/c1-4-6-13-10-29-16-9-12(18(21)27)8-14-17(16)26(13)20(22-14)23-19(28)15-7-11(3)24-25(15)5-2/h4,7-9,13H,1,5-6,10H2,2-3H3,(H2,21,27)(H,22,23,28)/t13-/m1/s1. The Morgan fingerprint density at radius 1 is 1.41 bits per heavy atom. The molecule has 0 spiro atoms. The van der Waals surface area contributed by atoms with Crippen LogP contribution in [-0.4, -0.2) is 37.8 Å². The number of amides is 2. The Labute approximate surface area is 167 Å². The summed E-state index contributed by atoms with van der Waals surface area (Å²) in [6.07, 6.45) is 2.43. The Bertz CT molecular complexity index is 1140. The summed E-state index contributed by atoms with van der Waals surface area (Å²) in [6, 6.07) is 4.86. The van der Waals surface area contributed by atoms with Crippen LogP contribution in [0.5, 0.6) is 5.75 Å². The van der Waals surface area contributed by atoms with E-state index in [2.05, 4.69) is 22.0 Å². The third kappa shape index (κ3) is 3.14. The van der Waals surface area contributed by atoms with Crippen LogP contribution in [0.4, 0.5) is 5.95 Å². The number of aromatic nitrogens is 4. The molecule has 1 aliphatic rings. The number of carbonyl (C=O) groups excluding carboxylic acids is 2. The maximum atomic E-state index is 12.9. The van der Waals surface area contributed by atoms with Gasteiger partial charge in [0.1, 0.15) is 23.6 Å². The zero-order valence-electron chi connectivity index (χ0n) is 16.3. The molecule has 0 unspecified atom stereocenters. The monoisotopic (exact) mass is 394 g/mol. The number of hydrogen-bond acceptors (Lipinski definition) is 5. The molecule has 3 aromatic rings. The van der Waals surface area contributed by atoms with Crippen molar-refractivity contribution in [3.8, 4) is 5.75 Å². The molecule has 0 radical (unpaired) electrons. The molecular formula is C20H22N6O3. The molecule has 29 heavy (non-hydrogen) atoms. The third-order valence-electron chi connectivity index (χ3n) is 4.93. The van der Waals surface area contributed by atoms with Gasteiger partial charge in [0, 0.05) is 12.1 Å². The number of rotatable bonds is 6. The molecule has 0 saturated carbocycles. The Kier molecular flexibility index (Phi) is 4.57. The van der Waals surface area contributed by atoms with Crippen LogP contribution < -0.4 is 15.8 Å². The Morgan fingerprint density at radius 2 is 2.21 bits per heavy atom. The first-order chi connectivity index (χ1) is 13.9. The van der Waals surface area contributed by atoms with Gasteiger partial charge in [0.05, 0.1) is 17.3 Å². The Hall–Kier alpha value is -3.62. The van der Waals surface area contributed by atoms with E-state index in [1.54, 1.807) is 29.0 Å². The van der Waals surface area contributed by atoms with Crippen molar-refractivity contribution in [2.24, 2.45) is 5.73 Å². The number of hydrogen-bond donors (Lipinski definition) is 2. The first kappa shape index (κ1) is 18.7. The van der Waals surface area contributed by atoms with Crippen LogP contribution in [0.1, 0.15) is 45.9 Å². The van der Waals surface area contributed by atoms with Gasteiger partial charge in [-0.1, -0.05) is 6.08 Å². The van der Waals surface area contributed by atoms with Crippen molar-refractivity contribution < 1.29 is 14.3 Å². The maximum absolute atomic E-state index is 12.9. The zero-order valence-corrected chi connectivity index (χ0v) is 16.3. The number of imidazole rings is 1. The number of anilines is 1. The highest BCUT2D eigenvalue weighted by atomic mass is 16.5. The summed E-state index contributed by atoms with van der Waals surface area (Å²) >= 11 is 0. The average Bonchev–Trinajstić information content (AvgIpc) is 3.25. The lowest BCUT2D eigenvalue weighted by Gasteiger charge is -2.26. The fourth-order valence-corrected chi connectivity index (χ4v) is 3.65. The molecule has 0 saturated heterocycles. The van der Waals surface area contributed by atoms with Crippen LogP contribution in [-0.2, 0) is 6.54 Å². The van der Waals surface area contributed by atoms with Crippen molar-refractivity contribution in [1.29, 1.82) is 0 Å². The van der Waals surface area contributed by atoms with Crippen molar-refractivity contribution >= 4 is 28.8 Å². The molecular weight excluding hydrogens is 372 g/mol. The molecule has 9 nitrogen and oxygen atoms in total. The molecule has 2 amide bonds. The molecule has 1 atom stereocenters. The summed E-state index contributed by atoms with van der Waals surface area (Å²) in [5.74, 6) is 0.0190. The lowest BCUT2D eigenvalue weighted by Crippen LogP contribution is -2.26. The van der Waals surface area contributed by atoms with E-state index < -0.39 is 5.91 Å².